The fourth-order valence-electron chi connectivity index (χ4n) is 0.0645. The van der Waals surface area contributed by atoms with Crippen molar-refractivity contribution in [1.29, 1.82) is 0 Å². The Balaban J connectivity index is 0. The standard InChI is InChI=1S/C4H6O2.Na.H/c1-2-4(6)3-5;;/h2,5H,1,3H2;;. The van der Waals surface area contributed by atoms with Crippen LogP contribution in [0.2, 0.25) is 0 Å². The van der Waals surface area contributed by atoms with Gasteiger partial charge in [0.1, 0.15) is 6.61 Å². The van der Waals surface area contributed by atoms with Crippen molar-refractivity contribution in [2.45, 2.75) is 0 Å². The molecule has 0 bridgehead atoms. The molecule has 0 aromatic carbocycles. The van der Waals surface area contributed by atoms with Crippen molar-refractivity contribution in [2.75, 3.05) is 6.61 Å². The van der Waals surface area contributed by atoms with E-state index in [0.717, 1.165) is 6.08 Å². The average Bonchev–Trinajstić information content (AvgIpc) is 1.65. The Morgan fingerprint density at radius 2 is 2.29 bits per heavy atom. The van der Waals surface area contributed by atoms with Gasteiger partial charge in [0, 0.05) is 0 Å². The summed E-state index contributed by atoms with van der Waals surface area (Å²) >= 11 is 0. The minimum atomic E-state index is -0.427. The molecule has 0 unspecified atom stereocenters. The van der Waals surface area contributed by atoms with Crippen molar-refractivity contribution in [3.05, 3.63) is 12.7 Å². The molecule has 36 valence electrons. The Morgan fingerprint density at radius 1 is 1.86 bits per heavy atom. The van der Waals surface area contributed by atoms with Crippen molar-refractivity contribution in [3.63, 3.8) is 0 Å². The van der Waals surface area contributed by atoms with Gasteiger partial charge in [-0.05, 0) is 6.08 Å². The normalized spacial score (nSPS) is 6.43. The molecule has 0 atom stereocenters. The third kappa shape index (κ3) is 6.37. The second-order valence-corrected chi connectivity index (χ2v) is 0.829. The van der Waals surface area contributed by atoms with Crippen LogP contribution in [0.4, 0.5) is 0 Å². The molecular weight excluding hydrogens is 103 g/mol. The zero-order valence-electron chi connectivity index (χ0n) is 3.35. The number of carbonyl (C=O) groups excluding carboxylic acids is 1. The topological polar surface area (TPSA) is 37.3 Å². The van der Waals surface area contributed by atoms with Gasteiger partial charge in [0.25, 0.3) is 0 Å². The Labute approximate surface area is 64.5 Å². The Hall–Kier alpha value is 0.370. The molecule has 0 saturated carbocycles. The molecule has 0 rings (SSSR count). The molecule has 0 spiro atoms. The van der Waals surface area contributed by atoms with Gasteiger partial charge in [0.15, 0.2) is 5.78 Å². The van der Waals surface area contributed by atoms with Crippen LogP contribution in [0, 0.1) is 0 Å². The molecule has 2 nitrogen and oxygen atoms in total. The fourth-order valence-corrected chi connectivity index (χ4v) is 0.0645. The van der Waals surface area contributed by atoms with E-state index in [0.29, 0.717) is 0 Å². The first-order valence-electron chi connectivity index (χ1n) is 1.57. The summed E-state index contributed by atoms with van der Waals surface area (Å²) in [7, 11) is 0. The van der Waals surface area contributed by atoms with E-state index in [1.807, 2.05) is 0 Å². The summed E-state index contributed by atoms with van der Waals surface area (Å²) in [6.07, 6.45) is 1.08. The van der Waals surface area contributed by atoms with Crippen molar-refractivity contribution < 1.29 is 9.90 Å². The maximum absolute atomic E-state index is 9.81. The van der Waals surface area contributed by atoms with Crippen molar-refractivity contribution in [1.82, 2.24) is 0 Å². The molecule has 0 radical (unpaired) electrons. The van der Waals surface area contributed by atoms with E-state index >= 15 is 0 Å². The summed E-state index contributed by atoms with van der Waals surface area (Å²) in [6.45, 7) is 2.69. The molecule has 0 fully saturated rings. The van der Waals surface area contributed by atoms with Gasteiger partial charge in [-0.2, -0.15) is 0 Å². The van der Waals surface area contributed by atoms with Crippen LogP contribution in [0.5, 0.6) is 0 Å². The van der Waals surface area contributed by atoms with Crippen LogP contribution >= 0.6 is 0 Å². The van der Waals surface area contributed by atoms with Gasteiger partial charge in [0.2, 0.25) is 0 Å². The quantitative estimate of drug-likeness (QED) is 0.369. The van der Waals surface area contributed by atoms with Crippen LogP contribution in [0.1, 0.15) is 0 Å². The molecule has 0 aliphatic rings. The summed E-state index contributed by atoms with van der Waals surface area (Å²) in [5.41, 5.74) is 0. The summed E-state index contributed by atoms with van der Waals surface area (Å²) in [4.78, 5) is 9.81. The first-order chi connectivity index (χ1) is 2.81. The van der Waals surface area contributed by atoms with Crippen LogP contribution in [0.25, 0.3) is 0 Å². The van der Waals surface area contributed by atoms with E-state index in [1.54, 1.807) is 0 Å². The molecule has 0 aliphatic heterocycles. The van der Waals surface area contributed by atoms with E-state index in [2.05, 4.69) is 6.58 Å². The van der Waals surface area contributed by atoms with E-state index in [9.17, 15) is 4.79 Å². The van der Waals surface area contributed by atoms with Crippen LogP contribution in [0.3, 0.4) is 0 Å². The minimum absolute atomic E-state index is 0. The molecule has 0 amide bonds. The second kappa shape index (κ2) is 6.37. The van der Waals surface area contributed by atoms with Gasteiger partial charge in [-0.1, -0.05) is 6.58 Å². The summed E-state index contributed by atoms with van der Waals surface area (Å²) < 4.78 is 0. The Morgan fingerprint density at radius 3 is 2.29 bits per heavy atom. The third-order valence-electron chi connectivity index (χ3n) is 0.384. The van der Waals surface area contributed by atoms with Crippen LogP contribution in [0.15, 0.2) is 12.7 Å². The number of rotatable bonds is 2. The third-order valence-corrected chi connectivity index (χ3v) is 0.384. The number of hydrogen-bond acceptors (Lipinski definition) is 2. The van der Waals surface area contributed by atoms with Crippen LogP contribution in [-0.2, 0) is 4.79 Å². The van der Waals surface area contributed by atoms with Crippen LogP contribution in [-0.4, -0.2) is 47.1 Å². The number of ketones is 1. The molecule has 0 heterocycles. The first kappa shape index (κ1) is 10.4. The summed E-state index contributed by atoms with van der Waals surface area (Å²) in [6, 6.07) is 0. The SMILES string of the molecule is C=CC(=O)CO.[NaH]. The predicted molar refractivity (Wildman–Crippen MR) is 29.4 cm³/mol. The second-order valence-electron chi connectivity index (χ2n) is 0.829. The van der Waals surface area contributed by atoms with Gasteiger partial charge >= 0.3 is 29.6 Å². The molecule has 0 aromatic rings. The number of aliphatic hydroxyl groups excluding tert-OH is 1. The van der Waals surface area contributed by atoms with Crippen LogP contribution < -0.4 is 0 Å². The van der Waals surface area contributed by atoms with E-state index < -0.39 is 6.61 Å². The monoisotopic (exact) mass is 110 g/mol. The van der Waals surface area contributed by atoms with Crippen molar-refractivity contribution in [2.24, 2.45) is 0 Å². The Kier molecular flexibility index (Phi) is 9.44. The molecule has 7 heavy (non-hydrogen) atoms. The molecule has 0 aliphatic carbocycles. The molecule has 0 aromatic heterocycles. The molecule has 0 saturated heterocycles. The van der Waals surface area contributed by atoms with Gasteiger partial charge in [-0.25, -0.2) is 0 Å². The van der Waals surface area contributed by atoms with E-state index in [4.69, 9.17) is 5.11 Å². The maximum atomic E-state index is 9.81. The zero-order valence-corrected chi connectivity index (χ0v) is 3.35. The molecular formula is C4H7NaO2. The number of carbonyl (C=O) groups is 1. The summed E-state index contributed by atoms with van der Waals surface area (Å²) in [5, 5.41) is 7.91. The molecule has 3 heteroatoms. The van der Waals surface area contributed by atoms with E-state index in [1.165, 1.54) is 0 Å². The number of hydrogen-bond donors (Lipinski definition) is 1. The van der Waals surface area contributed by atoms with Gasteiger partial charge in [-0.3, -0.25) is 4.79 Å². The van der Waals surface area contributed by atoms with Gasteiger partial charge in [0.05, 0.1) is 0 Å². The molecule has 1 N–H and O–H groups in total. The van der Waals surface area contributed by atoms with E-state index in [-0.39, 0.29) is 35.3 Å². The Bertz CT molecular complexity index is 70.1. The van der Waals surface area contributed by atoms with Gasteiger partial charge in [-0.15, -0.1) is 0 Å². The summed E-state index contributed by atoms with van der Waals surface area (Å²) in [5.74, 6) is -0.338. The van der Waals surface area contributed by atoms with Gasteiger partial charge < -0.3 is 5.11 Å². The fraction of sp³-hybridized carbons (Fsp3) is 0.250. The first-order valence-corrected chi connectivity index (χ1v) is 1.57. The van der Waals surface area contributed by atoms with Crippen molar-refractivity contribution >= 4 is 35.3 Å². The number of aliphatic hydroxyl groups is 1. The predicted octanol–water partition coefficient (Wildman–Crippen LogP) is -0.915. The van der Waals surface area contributed by atoms with Crippen molar-refractivity contribution in [3.8, 4) is 0 Å². The average molecular weight is 110 g/mol. The zero-order chi connectivity index (χ0) is 4.99.